The van der Waals surface area contributed by atoms with Crippen molar-refractivity contribution in [2.45, 2.75) is 6.42 Å². The van der Waals surface area contributed by atoms with E-state index in [1.807, 2.05) is 30.3 Å². The Balaban J connectivity index is 1.48. The molecule has 140 valence electrons. The van der Waals surface area contributed by atoms with E-state index < -0.39 is 0 Å². The maximum Gasteiger partial charge on any atom is 0.320 e. The highest BCUT2D eigenvalue weighted by Gasteiger charge is 2.12. The first-order valence-electron chi connectivity index (χ1n) is 8.80. The summed E-state index contributed by atoms with van der Waals surface area (Å²) in [6.07, 6.45) is 5.70. The van der Waals surface area contributed by atoms with Crippen LogP contribution in [0.5, 0.6) is 0 Å². The van der Waals surface area contributed by atoms with Gasteiger partial charge < -0.3 is 9.73 Å². The number of nitrogens with zero attached hydrogens (tertiary/aromatic N) is 4. The minimum absolute atomic E-state index is 0.341. The number of amides is 2. The molecule has 0 atom stereocenters. The third-order valence-electron chi connectivity index (χ3n) is 3.98. The molecule has 0 spiro atoms. The first kappa shape index (κ1) is 17.5. The van der Waals surface area contributed by atoms with Crippen molar-refractivity contribution in [1.82, 2.24) is 25.1 Å². The number of carbonyl (C=O) groups excluding carboxylic acids is 1. The predicted molar refractivity (Wildman–Crippen MR) is 104 cm³/mol. The van der Waals surface area contributed by atoms with Gasteiger partial charge in [-0.15, -0.1) is 0 Å². The van der Waals surface area contributed by atoms with E-state index in [2.05, 4.69) is 25.7 Å². The first-order valence-corrected chi connectivity index (χ1v) is 8.80. The quantitative estimate of drug-likeness (QED) is 0.540. The van der Waals surface area contributed by atoms with Crippen LogP contribution in [0.4, 0.5) is 10.6 Å². The molecular formula is C20H18N6O2. The number of anilines is 1. The number of hydrogen-bond acceptors (Lipinski definition) is 5. The third kappa shape index (κ3) is 4.24. The number of nitrogens with one attached hydrogen (secondary N) is 2. The van der Waals surface area contributed by atoms with Gasteiger partial charge in [-0.25, -0.2) is 19.4 Å². The van der Waals surface area contributed by atoms with Crippen LogP contribution in [-0.4, -0.2) is 32.3 Å². The van der Waals surface area contributed by atoms with Crippen molar-refractivity contribution < 1.29 is 9.21 Å². The van der Waals surface area contributed by atoms with E-state index in [1.165, 1.54) is 0 Å². The molecule has 2 amide bonds. The Labute approximate surface area is 161 Å². The lowest BCUT2D eigenvalue weighted by Gasteiger charge is -2.10. The van der Waals surface area contributed by atoms with Crippen LogP contribution >= 0.6 is 0 Å². The van der Waals surface area contributed by atoms with Crippen LogP contribution in [0.25, 0.3) is 17.4 Å². The molecule has 0 aliphatic rings. The number of aromatic nitrogens is 4. The van der Waals surface area contributed by atoms with Crippen molar-refractivity contribution in [2.75, 3.05) is 11.9 Å². The van der Waals surface area contributed by atoms with Gasteiger partial charge in [-0.05, 0) is 30.2 Å². The van der Waals surface area contributed by atoms with Crippen LogP contribution in [0.15, 0.2) is 77.7 Å². The molecule has 4 rings (SSSR count). The van der Waals surface area contributed by atoms with E-state index in [1.54, 1.807) is 47.6 Å². The summed E-state index contributed by atoms with van der Waals surface area (Å²) < 4.78 is 6.97. The van der Waals surface area contributed by atoms with Crippen molar-refractivity contribution in [1.29, 1.82) is 0 Å². The van der Waals surface area contributed by atoms with E-state index in [9.17, 15) is 4.79 Å². The topological polar surface area (TPSA) is 97.9 Å². The highest BCUT2D eigenvalue weighted by Crippen LogP contribution is 2.20. The van der Waals surface area contributed by atoms with Gasteiger partial charge >= 0.3 is 6.03 Å². The first-order chi connectivity index (χ1) is 13.8. The van der Waals surface area contributed by atoms with E-state index in [4.69, 9.17) is 4.42 Å². The van der Waals surface area contributed by atoms with Crippen molar-refractivity contribution in [3.8, 4) is 17.4 Å². The summed E-state index contributed by atoms with van der Waals surface area (Å²) in [6.45, 7) is 0.512. The number of rotatable bonds is 6. The second-order valence-electron chi connectivity index (χ2n) is 5.98. The molecule has 0 unspecified atom stereocenters. The molecule has 0 aliphatic heterocycles. The Morgan fingerprint density at radius 1 is 1.07 bits per heavy atom. The predicted octanol–water partition coefficient (Wildman–Crippen LogP) is 3.29. The van der Waals surface area contributed by atoms with Crippen molar-refractivity contribution >= 4 is 11.8 Å². The Hall–Kier alpha value is -3.94. The molecule has 0 bridgehead atoms. The molecule has 3 heterocycles. The second kappa shape index (κ2) is 8.17. The van der Waals surface area contributed by atoms with E-state index in [0.717, 1.165) is 12.0 Å². The molecule has 0 radical (unpaired) electrons. The second-order valence-corrected chi connectivity index (χ2v) is 5.98. The lowest BCUT2D eigenvalue weighted by atomic mass is 10.1. The summed E-state index contributed by atoms with van der Waals surface area (Å²) in [4.78, 5) is 21.1. The van der Waals surface area contributed by atoms with Gasteiger partial charge in [0.1, 0.15) is 5.82 Å². The minimum Gasteiger partial charge on any atom is -0.461 e. The molecule has 2 N–H and O–H groups in total. The SMILES string of the molecule is O=C(NCCc1ccccc1)Nc1cc(-n2cccn2)nc(-c2ccco2)n1. The molecule has 3 aromatic heterocycles. The van der Waals surface area contributed by atoms with Gasteiger partial charge in [-0.3, -0.25) is 5.32 Å². The van der Waals surface area contributed by atoms with Crippen molar-refractivity contribution in [3.05, 3.63) is 78.8 Å². The Morgan fingerprint density at radius 3 is 2.71 bits per heavy atom. The summed E-state index contributed by atoms with van der Waals surface area (Å²) in [6, 6.07) is 16.6. The number of furan rings is 1. The highest BCUT2D eigenvalue weighted by molar-refractivity contribution is 5.88. The molecule has 1 aromatic carbocycles. The fraction of sp³-hybridized carbons (Fsp3) is 0.100. The monoisotopic (exact) mass is 374 g/mol. The summed E-state index contributed by atoms with van der Waals surface area (Å²) in [7, 11) is 0. The molecule has 8 heteroatoms. The number of benzene rings is 1. The van der Waals surface area contributed by atoms with E-state index >= 15 is 0 Å². The normalized spacial score (nSPS) is 10.6. The molecule has 0 saturated heterocycles. The maximum absolute atomic E-state index is 12.3. The zero-order chi connectivity index (χ0) is 19.2. The molecular weight excluding hydrogens is 356 g/mol. The molecule has 0 saturated carbocycles. The molecule has 0 aliphatic carbocycles. The van der Waals surface area contributed by atoms with E-state index in [-0.39, 0.29) is 6.03 Å². The molecule has 0 fully saturated rings. The number of hydrogen-bond donors (Lipinski definition) is 2. The zero-order valence-electron chi connectivity index (χ0n) is 14.9. The van der Waals surface area contributed by atoms with Gasteiger partial charge in [0.2, 0.25) is 0 Å². The maximum atomic E-state index is 12.3. The fourth-order valence-corrected chi connectivity index (χ4v) is 2.66. The van der Waals surface area contributed by atoms with Gasteiger partial charge in [-0.1, -0.05) is 30.3 Å². The van der Waals surface area contributed by atoms with Crippen molar-refractivity contribution in [3.63, 3.8) is 0 Å². The number of carbonyl (C=O) groups is 1. The van der Waals surface area contributed by atoms with Crippen LogP contribution in [0.3, 0.4) is 0 Å². The smallest absolute Gasteiger partial charge is 0.320 e. The lowest BCUT2D eigenvalue weighted by molar-refractivity contribution is 0.252. The lowest BCUT2D eigenvalue weighted by Crippen LogP contribution is -2.31. The van der Waals surface area contributed by atoms with Gasteiger partial charge in [0, 0.05) is 25.0 Å². The van der Waals surface area contributed by atoms with E-state index in [0.29, 0.717) is 29.8 Å². The molecule has 28 heavy (non-hydrogen) atoms. The molecule has 4 aromatic rings. The van der Waals surface area contributed by atoms with Gasteiger partial charge in [0.05, 0.1) is 6.26 Å². The summed E-state index contributed by atoms with van der Waals surface area (Å²) in [5, 5.41) is 9.76. The van der Waals surface area contributed by atoms with Crippen LogP contribution in [0.1, 0.15) is 5.56 Å². The summed E-state index contributed by atoms with van der Waals surface area (Å²) in [5.74, 6) is 1.73. The van der Waals surface area contributed by atoms with Crippen LogP contribution < -0.4 is 10.6 Å². The zero-order valence-corrected chi connectivity index (χ0v) is 14.9. The Bertz CT molecular complexity index is 978. The summed E-state index contributed by atoms with van der Waals surface area (Å²) >= 11 is 0. The average Bonchev–Trinajstić information content (AvgIpc) is 3.43. The number of urea groups is 1. The summed E-state index contributed by atoms with van der Waals surface area (Å²) in [5.41, 5.74) is 1.16. The van der Waals surface area contributed by atoms with Crippen LogP contribution in [0, 0.1) is 0 Å². The Kier molecular flexibility index (Phi) is 5.10. The van der Waals surface area contributed by atoms with Gasteiger partial charge in [0.25, 0.3) is 0 Å². The van der Waals surface area contributed by atoms with Crippen LogP contribution in [0.2, 0.25) is 0 Å². The average molecular weight is 374 g/mol. The standard InChI is InChI=1S/C20H18N6O2/c27-20(21-11-9-15-6-2-1-3-7-15)24-17-14-18(26-12-5-10-22-26)25-19(23-17)16-8-4-13-28-16/h1-8,10,12-14H,9,11H2,(H2,21,23,24,25,27). The van der Waals surface area contributed by atoms with Crippen molar-refractivity contribution in [2.24, 2.45) is 0 Å². The largest absolute Gasteiger partial charge is 0.461 e. The minimum atomic E-state index is -0.341. The highest BCUT2D eigenvalue weighted by atomic mass is 16.3. The third-order valence-corrected chi connectivity index (χ3v) is 3.98. The Morgan fingerprint density at radius 2 is 1.96 bits per heavy atom. The molecule has 8 nitrogen and oxygen atoms in total. The van der Waals surface area contributed by atoms with Gasteiger partial charge in [0.15, 0.2) is 17.4 Å². The fourth-order valence-electron chi connectivity index (χ4n) is 2.66. The van der Waals surface area contributed by atoms with Crippen LogP contribution in [-0.2, 0) is 6.42 Å². The van der Waals surface area contributed by atoms with Gasteiger partial charge in [-0.2, -0.15) is 5.10 Å².